The summed E-state index contributed by atoms with van der Waals surface area (Å²) >= 11 is 0. The molecule has 1 fully saturated rings. The highest BCUT2D eigenvalue weighted by molar-refractivity contribution is 5.46. The number of hydrogen-bond acceptors (Lipinski definition) is 5. The fourth-order valence-corrected chi connectivity index (χ4v) is 3.03. The summed E-state index contributed by atoms with van der Waals surface area (Å²) in [5, 5.41) is 12.1. The molecule has 2 rings (SSSR count). The average Bonchev–Trinajstić information content (AvgIpc) is 2.43. The zero-order valence-corrected chi connectivity index (χ0v) is 12.3. The standard InChI is InChI=1S/C15H23N5/c1-12-8-13(2)11-20(10-12)7-3-4-18-15-14(9-16)17-5-6-19-15/h5-6,12-13H,3-4,7-8,10-11H2,1-2H3,(H,18,19). The summed E-state index contributed by atoms with van der Waals surface area (Å²) in [4.78, 5) is 10.7. The second-order valence-electron chi connectivity index (χ2n) is 5.85. The molecule has 5 heteroatoms. The Balaban J connectivity index is 1.73. The molecule has 0 spiro atoms. The van der Waals surface area contributed by atoms with Crippen LogP contribution in [-0.4, -0.2) is 41.0 Å². The second kappa shape index (κ2) is 7.20. The van der Waals surface area contributed by atoms with Gasteiger partial charge < -0.3 is 10.2 Å². The molecule has 1 aromatic heterocycles. The number of nitrogens with zero attached hydrogens (tertiary/aromatic N) is 4. The maximum atomic E-state index is 8.94. The Morgan fingerprint density at radius 3 is 2.70 bits per heavy atom. The monoisotopic (exact) mass is 273 g/mol. The molecule has 2 atom stereocenters. The third-order valence-corrected chi connectivity index (χ3v) is 3.69. The molecule has 2 heterocycles. The van der Waals surface area contributed by atoms with Crippen LogP contribution in [0.5, 0.6) is 0 Å². The van der Waals surface area contributed by atoms with Gasteiger partial charge in [0.1, 0.15) is 6.07 Å². The fourth-order valence-electron chi connectivity index (χ4n) is 3.03. The van der Waals surface area contributed by atoms with Crippen molar-refractivity contribution in [3.8, 4) is 6.07 Å². The number of likely N-dealkylation sites (tertiary alicyclic amines) is 1. The summed E-state index contributed by atoms with van der Waals surface area (Å²) in [5.74, 6) is 2.20. The van der Waals surface area contributed by atoms with Crippen LogP contribution in [0.15, 0.2) is 12.4 Å². The minimum atomic E-state index is 0.368. The lowest BCUT2D eigenvalue weighted by Gasteiger charge is -2.34. The van der Waals surface area contributed by atoms with Crippen molar-refractivity contribution in [1.29, 1.82) is 5.26 Å². The minimum absolute atomic E-state index is 0.368. The molecule has 0 radical (unpaired) electrons. The Morgan fingerprint density at radius 2 is 2.00 bits per heavy atom. The summed E-state index contributed by atoms with van der Waals surface area (Å²) in [6.45, 7) is 9.01. The molecule has 1 aliphatic rings. The quantitative estimate of drug-likeness (QED) is 0.833. The van der Waals surface area contributed by atoms with Crippen LogP contribution >= 0.6 is 0 Å². The van der Waals surface area contributed by atoms with Crippen LogP contribution in [0, 0.1) is 23.2 Å². The summed E-state index contributed by atoms with van der Waals surface area (Å²) in [6, 6.07) is 2.05. The van der Waals surface area contributed by atoms with Crippen LogP contribution in [-0.2, 0) is 0 Å². The zero-order valence-electron chi connectivity index (χ0n) is 12.3. The Kier molecular flexibility index (Phi) is 5.31. The van der Waals surface area contributed by atoms with Crippen molar-refractivity contribution in [1.82, 2.24) is 14.9 Å². The second-order valence-corrected chi connectivity index (χ2v) is 5.85. The van der Waals surface area contributed by atoms with Gasteiger partial charge >= 0.3 is 0 Å². The minimum Gasteiger partial charge on any atom is -0.368 e. The van der Waals surface area contributed by atoms with Crippen molar-refractivity contribution in [2.75, 3.05) is 31.5 Å². The van der Waals surface area contributed by atoms with E-state index >= 15 is 0 Å². The van der Waals surface area contributed by atoms with Gasteiger partial charge in [0.25, 0.3) is 0 Å². The normalized spacial score (nSPS) is 23.2. The highest BCUT2D eigenvalue weighted by Crippen LogP contribution is 2.20. The summed E-state index contributed by atoms with van der Waals surface area (Å²) in [7, 11) is 0. The number of piperidine rings is 1. The first-order chi connectivity index (χ1) is 9.69. The third kappa shape index (κ3) is 4.17. The lowest BCUT2D eigenvalue weighted by molar-refractivity contribution is 0.141. The van der Waals surface area contributed by atoms with E-state index in [-0.39, 0.29) is 0 Å². The van der Waals surface area contributed by atoms with Crippen molar-refractivity contribution in [3.05, 3.63) is 18.1 Å². The molecule has 5 nitrogen and oxygen atoms in total. The van der Waals surface area contributed by atoms with Crippen molar-refractivity contribution < 1.29 is 0 Å². The number of nitrogens with one attached hydrogen (secondary N) is 1. The molecule has 108 valence electrons. The summed E-state index contributed by atoms with van der Waals surface area (Å²) < 4.78 is 0. The van der Waals surface area contributed by atoms with Crippen LogP contribution in [0.2, 0.25) is 0 Å². The highest BCUT2D eigenvalue weighted by Gasteiger charge is 2.20. The van der Waals surface area contributed by atoms with Gasteiger partial charge in [-0.1, -0.05) is 13.8 Å². The van der Waals surface area contributed by atoms with Crippen molar-refractivity contribution in [2.45, 2.75) is 26.7 Å². The molecule has 1 N–H and O–H groups in total. The Bertz CT molecular complexity index is 458. The first-order valence-corrected chi connectivity index (χ1v) is 7.36. The van der Waals surface area contributed by atoms with Gasteiger partial charge in [0.15, 0.2) is 11.5 Å². The molecule has 0 bridgehead atoms. The fraction of sp³-hybridized carbons (Fsp3) is 0.667. The van der Waals surface area contributed by atoms with E-state index < -0.39 is 0 Å². The molecule has 0 aromatic carbocycles. The van der Waals surface area contributed by atoms with Crippen molar-refractivity contribution >= 4 is 5.82 Å². The molecule has 1 aliphatic heterocycles. The van der Waals surface area contributed by atoms with Gasteiger partial charge in [-0.25, -0.2) is 9.97 Å². The maximum absolute atomic E-state index is 8.94. The van der Waals surface area contributed by atoms with E-state index in [2.05, 4.69) is 40.1 Å². The van der Waals surface area contributed by atoms with E-state index in [1.807, 2.05) is 0 Å². The molecule has 0 saturated carbocycles. The van der Waals surface area contributed by atoms with E-state index in [9.17, 15) is 0 Å². The van der Waals surface area contributed by atoms with E-state index in [0.717, 1.165) is 31.3 Å². The molecule has 2 unspecified atom stereocenters. The topological polar surface area (TPSA) is 64.8 Å². The SMILES string of the molecule is CC1CC(C)CN(CCCNc2nccnc2C#N)C1. The first kappa shape index (κ1) is 14.7. The Hall–Kier alpha value is -1.67. The number of anilines is 1. The van der Waals surface area contributed by atoms with Crippen LogP contribution in [0.25, 0.3) is 0 Å². The lowest BCUT2D eigenvalue weighted by atomic mass is 9.92. The number of aromatic nitrogens is 2. The number of rotatable bonds is 5. The molecular formula is C15H23N5. The smallest absolute Gasteiger partial charge is 0.182 e. The number of nitriles is 1. The van der Waals surface area contributed by atoms with E-state index in [4.69, 9.17) is 5.26 Å². The van der Waals surface area contributed by atoms with Crippen LogP contribution in [0.4, 0.5) is 5.82 Å². The van der Waals surface area contributed by atoms with Gasteiger partial charge in [0.2, 0.25) is 0 Å². The Labute approximate surface area is 121 Å². The average molecular weight is 273 g/mol. The van der Waals surface area contributed by atoms with Gasteiger partial charge in [-0.2, -0.15) is 5.26 Å². The molecule has 0 aliphatic carbocycles. The molecule has 1 aromatic rings. The predicted octanol–water partition coefficient (Wildman–Crippen LogP) is 2.13. The molecule has 20 heavy (non-hydrogen) atoms. The molecular weight excluding hydrogens is 250 g/mol. The van der Waals surface area contributed by atoms with Gasteiger partial charge in [0.05, 0.1) is 0 Å². The van der Waals surface area contributed by atoms with Crippen molar-refractivity contribution in [3.63, 3.8) is 0 Å². The van der Waals surface area contributed by atoms with Crippen molar-refractivity contribution in [2.24, 2.45) is 11.8 Å². The maximum Gasteiger partial charge on any atom is 0.182 e. The third-order valence-electron chi connectivity index (χ3n) is 3.69. The zero-order chi connectivity index (χ0) is 14.4. The summed E-state index contributed by atoms with van der Waals surface area (Å²) in [6.07, 6.45) is 5.55. The van der Waals surface area contributed by atoms with Gasteiger partial charge in [-0.15, -0.1) is 0 Å². The van der Waals surface area contributed by atoms with Crippen LogP contribution in [0.1, 0.15) is 32.4 Å². The lowest BCUT2D eigenvalue weighted by Crippen LogP contribution is -2.39. The van der Waals surface area contributed by atoms with E-state index in [0.29, 0.717) is 11.5 Å². The van der Waals surface area contributed by atoms with Gasteiger partial charge in [-0.3, -0.25) is 0 Å². The first-order valence-electron chi connectivity index (χ1n) is 7.36. The molecule has 1 saturated heterocycles. The van der Waals surface area contributed by atoms with Crippen LogP contribution in [0.3, 0.4) is 0 Å². The Morgan fingerprint density at radius 1 is 1.30 bits per heavy atom. The van der Waals surface area contributed by atoms with Crippen LogP contribution < -0.4 is 5.32 Å². The summed E-state index contributed by atoms with van der Waals surface area (Å²) in [5.41, 5.74) is 0.368. The van der Waals surface area contributed by atoms with Gasteiger partial charge in [0, 0.05) is 32.0 Å². The number of hydrogen-bond donors (Lipinski definition) is 1. The molecule has 0 amide bonds. The van der Waals surface area contributed by atoms with E-state index in [1.54, 1.807) is 12.4 Å². The largest absolute Gasteiger partial charge is 0.368 e. The highest BCUT2D eigenvalue weighted by atomic mass is 15.1. The predicted molar refractivity (Wildman–Crippen MR) is 79.2 cm³/mol. The van der Waals surface area contributed by atoms with E-state index in [1.165, 1.54) is 19.5 Å². The van der Waals surface area contributed by atoms with Gasteiger partial charge in [-0.05, 0) is 31.2 Å².